The number of aromatic nitrogens is 2. The fourth-order valence-corrected chi connectivity index (χ4v) is 3.61. The van der Waals surface area contributed by atoms with Gasteiger partial charge in [-0.25, -0.2) is 0 Å². The maximum Gasteiger partial charge on any atom is 0.0901 e. The molecule has 2 aromatic rings. The monoisotopic (exact) mass is 365 g/mol. The summed E-state index contributed by atoms with van der Waals surface area (Å²) in [7, 11) is 0. The highest BCUT2D eigenvalue weighted by molar-refractivity contribution is 5.83. The van der Waals surface area contributed by atoms with Crippen LogP contribution in [0.2, 0.25) is 0 Å². The Morgan fingerprint density at radius 3 is 2.96 bits per heavy atom. The van der Waals surface area contributed by atoms with Gasteiger partial charge in [-0.2, -0.15) is 5.10 Å². The predicted octanol–water partition coefficient (Wildman–Crippen LogP) is 5.24. The van der Waals surface area contributed by atoms with Crippen molar-refractivity contribution in [3.05, 3.63) is 55.0 Å². The number of para-hydroxylation sites is 2. The molecule has 2 N–H and O–H groups in total. The zero-order chi connectivity index (χ0) is 19.1. The first-order valence-corrected chi connectivity index (χ1v) is 9.99. The summed E-state index contributed by atoms with van der Waals surface area (Å²) in [6.45, 7) is 9.23. The van der Waals surface area contributed by atoms with E-state index in [0.29, 0.717) is 6.04 Å². The zero-order valence-corrected chi connectivity index (χ0v) is 16.4. The molecule has 0 saturated heterocycles. The van der Waals surface area contributed by atoms with Crippen LogP contribution in [0.1, 0.15) is 57.2 Å². The van der Waals surface area contributed by atoms with Crippen LogP contribution in [0.3, 0.4) is 0 Å². The first-order valence-electron chi connectivity index (χ1n) is 9.99. The largest absolute Gasteiger partial charge is 0.389 e. The van der Waals surface area contributed by atoms with Gasteiger partial charge in [-0.05, 0) is 37.1 Å². The number of hydrogen-bond donors (Lipinski definition) is 2. The van der Waals surface area contributed by atoms with Gasteiger partial charge in [-0.15, -0.1) is 0 Å². The molecular formula is C22H31N5. The van der Waals surface area contributed by atoms with Crippen molar-refractivity contribution in [2.45, 2.75) is 51.6 Å². The molecule has 1 aliphatic rings. The van der Waals surface area contributed by atoms with Crippen molar-refractivity contribution in [3.8, 4) is 0 Å². The van der Waals surface area contributed by atoms with Gasteiger partial charge < -0.3 is 10.6 Å². The van der Waals surface area contributed by atoms with Crippen LogP contribution >= 0.6 is 0 Å². The van der Waals surface area contributed by atoms with E-state index in [4.69, 9.17) is 0 Å². The highest BCUT2D eigenvalue weighted by Gasteiger charge is 2.19. The van der Waals surface area contributed by atoms with Crippen molar-refractivity contribution in [2.75, 3.05) is 11.9 Å². The van der Waals surface area contributed by atoms with E-state index >= 15 is 0 Å². The molecule has 3 unspecified atom stereocenters. The van der Waals surface area contributed by atoms with E-state index in [1.807, 2.05) is 30.6 Å². The quantitative estimate of drug-likeness (QED) is 0.605. The fourth-order valence-electron chi connectivity index (χ4n) is 3.61. The molecule has 0 spiro atoms. The number of benzene rings is 1. The molecule has 0 saturated carbocycles. The van der Waals surface area contributed by atoms with Crippen molar-refractivity contribution in [1.29, 1.82) is 0 Å². The normalized spacial score (nSPS) is 17.6. The van der Waals surface area contributed by atoms with E-state index in [9.17, 15) is 0 Å². The van der Waals surface area contributed by atoms with Crippen LogP contribution in [0.25, 0.3) is 0 Å². The molecule has 1 aromatic heterocycles. The third-order valence-corrected chi connectivity index (χ3v) is 5.20. The number of anilines is 1. The van der Waals surface area contributed by atoms with Gasteiger partial charge in [-0.1, -0.05) is 45.4 Å². The average molecular weight is 366 g/mol. The number of nitrogens with one attached hydrogen (secondary N) is 2. The second kappa shape index (κ2) is 9.40. The molecule has 3 atom stereocenters. The smallest absolute Gasteiger partial charge is 0.0901 e. The Bertz CT molecular complexity index is 764. The minimum Gasteiger partial charge on any atom is -0.389 e. The number of rotatable bonds is 10. The Labute approximate surface area is 162 Å². The maximum absolute atomic E-state index is 4.67. The average Bonchev–Trinajstić information content (AvgIpc) is 3.18. The minimum absolute atomic E-state index is 0.0562. The molecule has 144 valence electrons. The van der Waals surface area contributed by atoms with Crippen molar-refractivity contribution in [1.82, 2.24) is 15.1 Å². The predicted molar refractivity (Wildman–Crippen MR) is 114 cm³/mol. The summed E-state index contributed by atoms with van der Waals surface area (Å²) in [5, 5.41) is 11.5. The van der Waals surface area contributed by atoms with Gasteiger partial charge in [0, 0.05) is 24.5 Å². The van der Waals surface area contributed by atoms with Crippen LogP contribution in [0.15, 0.2) is 54.4 Å². The van der Waals surface area contributed by atoms with Gasteiger partial charge in [0.15, 0.2) is 0 Å². The van der Waals surface area contributed by atoms with Gasteiger partial charge in [0.1, 0.15) is 0 Å². The Balaban J connectivity index is 1.69. The molecule has 2 heterocycles. The van der Waals surface area contributed by atoms with E-state index in [1.165, 1.54) is 19.3 Å². The van der Waals surface area contributed by atoms with Crippen molar-refractivity contribution >= 4 is 17.6 Å². The number of hydrogen-bond acceptors (Lipinski definition) is 4. The van der Waals surface area contributed by atoms with E-state index < -0.39 is 0 Å². The van der Waals surface area contributed by atoms with Gasteiger partial charge >= 0.3 is 0 Å². The lowest BCUT2D eigenvalue weighted by atomic mass is 9.97. The van der Waals surface area contributed by atoms with Gasteiger partial charge in [-0.3, -0.25) is 9.67 Å². The Hall–Kier alpha value is -2.56. The molecule has 0 amide bonds. The number of fused-ring (bicyclic) bond motifs is 1. The van der Waals surface area contributed by atoms with E-state index in [2.05, 4.69) is 58.1 Å². The molecule has 5 nitrogen and oxygen atoms in total. The van der Waals surface area contributed by atoms with Crippen LogP contribution in [0.5, 0.6) is 0 Å². The Morgan fingerprint density at radius 1 is 1.30 bits per heavy atom. The van der Waals surface area contributed by atoms with Gasteiger partial charge in [0.25, 0.3) is 0 Å². The highest BCUT2D eigenvalue weighted by Crippen LogP contribution is 2.32. The molecule has 1 aliphatic heterocycles. The van der Waals surface area contributed by atoms with Crippen LogP contribution in [-0.2, 0) is 0 Å². The summed E-state index contributed by atoms with van der Waals surface area (Å²) in [6, 6.07) is 8.50. The van der Waals surface area contributed by atoms with Crippen LogP contribution in [0.4, 0.5) is 11.4 Å². The lowest BCUT2D eigenvalue weighted by Gasteiger charge is -2.21. The topological polar surface area (TPSA) is 54.2 Å². The summed E-state index contributed by atoms with van der Waals surface area (Å²) in [4.78, 5) is 4.58. The van der Waals surface area contributed by atoms with Gasteiger partial charge in [0.2, 0.25) is 0 Å². The van der Waals surface area contributed by atoms with Crippen molar-refractivity contribution in [2.24, 2.45) is 10.9 Å². The van der Waals surface area contributed by atoms with Gasteiger partial charge in [0.05, 0.1) is 29.7 Å². The summed E-state index contributed by atoms with van der Waals surface area (Å²) >= 11 is 0. The lowest BCUT2D eigenvalue weighted by Crippen LogP contribution is -2.23. The molecule has 1 aromatic carbocycles. The van der Waals surface area contributed by atoms with Crippen molar-refractivity contribution in [3.63, 3.8) is 0 Å². The third-order valence-electron chi connectivity index (χ3n) is 5.20. The second-order valence-electron chi connectivity index (χ2n) is 7.41. The standard InChI is InChI=1S/C22H31N5/c1-4-8-17(3)11-12-19(14-23-5-2)27-16-18(13-25-27)22-15-24-20-9-6-7-10-21(20)26-22/h5-7,9-10,13,15-17,19,22-23,26H,2,4,8,11-12,14H2,1,3H3. The Morgan fingerprint density at radius 2 is 2.15 bits per heavy atom. The lowest BCUT2D eigenvalue weighted by molar-refractivity contribution is 0.361. The molecule has 5 heteroatoms. The summed E-state index contributed by atoms with van der Waals surface area (Å²) < 4.78 is 2.10. The summed E-state index contributed by atoms with van der Waals surface area (Å²) in [5.41, 5.74) is 3.19. The molecule has 0 fully saturated rings. The molecule has 0 bridgehead atoms. The minimum atomic E-state index is 0.0562. The first kappa shape index (κ1) is 19.2. The SMILES string of the molecule is C=CNCC(CCC(C)CCC)n1cc(C2C=Nc3ccccc3N2)cn1. The molecular weight excluding hydrogens is 334 g/mol. The summed E-state index contributed by atoms with van der Waals surface area (Å²) in [6.07, 6.45) is 12.7. The third kappa shape index (κ3) is 5.00. The van der Waals surface area contributed by atoms with E-state index in [0.717, 1.165) is 35.8 Å². The molecule has 3 rings (SSSR count). The van der Waals surface area contributed by atoms with E-state index in [1.54, 1.807) is 6.20 Å². The van der Waals surface area contributed by atoms with E-state index in [-0.39, 0.29) is 6.04 Å². The van der Waals surface area contributed by atoms with Crippen LogP contribution in [-0.4, -0.2) is 22.5 Å². The second-order valence-corrected chi connectivity index (χ2v) is 7.41. The summed E-state index contributed by atoms with van der Waals surface area (Å²) in [5.74, 6) is 0.750. The Kier molecular flexibility index (Phi) is 6.69. The number of nitrogens with zero attached hydrogens (tertiary/aromatic N) is 3. The molecule has 27 heavy (non-hydrogen) atoms. The fraction of sp³-hybridized carbons (Fsp3) is 0.455. The van der Waals surface area contributed by atoms with Crippen molar-refractivity contribution < 1.29 is 0 Å². The maximum atomic E-state index is 4.67. The van der Waals surface area contributed by atoms with Crippen LogP contribution in [0, 0.1) is 5.92 Å². The molecule has 0 radical (unpaired) electrons. The first-order chi connectivity index (χ1) is 13.2. The molecule has 0 aliphatic carbocycles. The highest BCUT2D eigenvalue weighted by atomic mass is 15.3. The number of aliphatic imine (C=N–C) groups is 1. The zero-order valence-electron chi connectivity index (χ0n) is 16.4. The van der Waals surface area contributed by atoms with Crippen LogP contribution < -0.4 is 10.6 Å².